The van der Waals surface area contributed by atoms with Crippen LogP contribution in [0.15, 0.2) is 29.4 Å². The second kappa shape index (κ2) is 6.20. The van der Waals surface area contributed by atoms with Crippen LogP contribution in [0.25, 0.3) is 22.2 Å². The molecule has 0 aliphatic heterocycles. The number of rotatable bonds is 3. The maximum atomic E-state index is 14.9. The molecule has 1 N–H and O–H groups in total. The van der Waals surface area contributed by atoms with Gasteiger partial charge in [0.2, 0.25) is 0 Å². The van der Waals surface area contributed by atoms with E-state index in [0.29, 0.717) is 16.6 Å². The number of aryl methyl sites for hydroxylation is 1. The Bertz CT molecular complexity index is 947. The Labute approximate surface area is 142 Å². The van der Waals surface area contributed by atoms with Crippen LogP contribution in [0.5, 0.6) is 0 Å². The van der Waals surface area contributed by atoms with Crippen molar-refractivity contribution in [1.29, 1.82) is 0 Å². The molecule has 1 aromatic carbocycles. The van der Waals surface area contributed by atoms with E-state index in [9.17, 15) is 8.78 Å². The second-order valence-electron chi connectivity index (χ2n) is 5.60. The van der Waals surface area contributed by atoms with Crippen molar-refractivity contribution >= 4 is 34.5 Å². The predicted molar refractivity (Wildman–Crippen MR) is 93.0 cm³/mol. The molecule has 2 aromatic heterocycles. The van der Waals surface area contributed by atoms with E-state index in [4.69, 9.17) is 11.6 Å². The van der Waals surface area contributed by atoms with Crippen molar-refractivity contribution in [3.63, 3.8) is 0 Å². The Hall–Kier alpha value is -2.47. The minimum Gasteiger partial charge on any atom is -0.369 e. The topological polar surface area (TPSA) is 44.3 Å². The number of hydrogen-bond acceptors (Lipinski definition) is 2. The van der Waals surface area contributed by atoms with Crippen molar-refractivity contribution in [2.24, 2.45) is 4.99 Å². The molecule has 0 unspecified atom stereocenters. The van der Waals surface area contributed by atoms with Crippen molar-refractivity contribution in [3.05, 3.63) is 46.7 Å². The van der Waals surface area contributed by atoms with Gasteiger partial charge in [-0.15, -0.1) is 0 Å². The van der Waals surface area contributed by atoms with E-state index in [2.05, 4.69) is 15.0 Å². The molecule has 0 saturated heterocycles. The molecule has 0 aliphatic rings. The zero-order valence-corrected chi connectivity index (χ0v) is 14.1. The summed E-state index contributed by atoms with van der Waals surface area (Å²) in [6.07, 6.45) is 3.05. The average Bonchev–Trinajstić information content (AvgIpc) is 3.01. The summed E-state index contributed by atoms with van der Waals surface area (Å²) in [5.41, 5.74) is 0.573. The highest BCUT2D eigenvalue weighted by atomic mass is 35.5. The molecule has 2 heterocycles. The standard InChI is InChI=1S/C17H15ClF2N4/c1-9-12(18)17(22-8-24(2)3)14(20)16(23-9)11-5-4-10-6-7-21-15(10)13(11)19/h4-8,21H,1-3H3/b22-8+. The second-order valence-corrected chi connectivity index (χ2v) is 5.98. The third-order valence-electron chi connectivity index (χ3n) is 3.56. The molecular weight excluding hydrogens is 334 g/mol. The molecule has 24 heavy (non-hydrogen) atoms. The van der Waals surface area contributed by atoms with Crippen LogP contribution in [0, 0.1) is 18.6 Å². The van der Waals surface area contributed by atoms with E-state index in [1.54, 1.807) is 44.2 Å². The lowest BCUT2D eigenvalue weighted by molar-refractivity contribution is 0.613. The minimum atomic E-state index is -0.756. The molecule has 0 saturated carbocycles. The summed E-state index contributed by atoms with van der Waals surface area (Å²) in [6, 6.07) is 4.95. The Morgan fingerprint density at radius 2 is 1.96 bits per heavy atom. The van der Waals surface area contributed by atoms with E-state index in [-0.39, 0.29) is 22.0 Å². The van der Waals surface area contributed by atoms with Crippen molar-refractivity contribution < 1.29 is 8.78 Å². The molecule has 0 bridgehead atoms. The van der Waals surface area contributed by atoms with Gasteiger partial charge in [0, 0.05) is 31.2 Å². The van der Waals surface area contributed by atoms with Crippen LogP contribution in [0.4, 0.5) is 14.5 Å². The van der Waals surface area contributed by atoms with Gasteiger partial charge in [-0.25, -0.2) is 18.8 Å². The zero-order chi connectivity index (χ0) is 17.4. The number of nitrogens with zero attached hydrogens (tertiary/aromatic N) is 3. The Morgan fingerprint density at radius 3 is 2.67 bits per heavy atom. The Kier molecular flexibility index (Phi) is 4.24. The Balaban J connectivity index is 2.25. The van der Waals surface area contributed by atoms with E-state index >= 15 is 0 Å². The van der Waals surface area contributed by atoms with E-state index < -0.39 is 11.6 Å². The highest BCUT2D eigenvalue weighted by molar-refractivity contribution is 6.33. The number of aliphatic imine (C=N–C) groups is 1. The molecule has 0 aliphatic carbocycles. The van der Waals surface area contributed by atoms with Gasteiger partial charge in [0.25, 0.3) is 0 Å². The Morgan fingerprint density at radius 1 is 1.21 bits per heavy atom. The van der Waals surface area contributed by atoms with Gasteiger partial charge < -0.3 is 9.88 Å². The number of pyridine rings is 1. The van der Waals surface area contributed by atoms with Crippen molar-refractivity contribution in [2.45, 2.75) is 6.92 Å². The number of hydrogen-bond donors (Lipinski definition) is 1. The first kappa shape index (κ1) is 16.4. The molecule has 0 spiro atoms. The van der Waals surface area contributed by atoms with Crippen LogP contribution >= 0.6 is 11.6 Å². The highest BCUT2D eigenvalue weighted by Crippen LogP contribution is 2.37. The lowest BCUT2D eigenvalue weighted by Gasteiger charge is -2.11. The molecule has 124 valence electrons. The van der Waals surface area contributed by atoms with Crippen LogP contribution in [-0.4, -0.2) is 35.3 Å². The van der Waals surface area contributed by atoms with Crippen LogP contribution < -0.4 is 0 Å². The van der Waals surface area contributed by atoms with E-state index in [0.717, 1.165) is 0 Å². The smallest absolute Gasteiger partial charge is 0.176 e. The zero-order valence-electron chi connectivity index (χ0n) is 13.4. The van der Waals surface area contributed by atoms with Crippen LogP contribution in [0.1, 0.15) is 5.69 Å². The molecule has 0 amide bonds. The summed E-state index contributed by atoms with van der Waals surface area (Å²) < 4.78 is 29.6. The van der Waals surface area contributed by atoms with Crippen LogP contribution in [0.2, 0.25) is 5.02 Å². The fourth-order valence-corrected chi connectivity index (χ4v) is 2.56. The molecule has 0 fully saturated rings. The summed E-state index contributed by atoms with van der Waals surface area (Å²) in [5.74, 6) is -1.32. The summed E-state index contributed by atoms with van der Waals surface area (Å²) in [4.78, 5) is 12.7. The first-order valence-electron chi connectivity index (χ1n) is 7.22. The predicted octanol–water partition coefficient (Wildman–Crippen LogP) is 4.69. The number of nitrogens with one attached hydrogen (secondary N) is 1. The van der Waals surface area contributed by atoms with Gasteiger partial charge in [-0.1, -0.05) is 17.7 Å². The number of halogens is 3. The molecular formula is C17H15ClF2N4. The molecule has 0 radical (unpaired) electrons. The monoisotopic (exact) mass is 348 g/mol. The number of aromatic nitrogens is 2. The van der Waals surface area contributed by atoms with Gasteiger partial charge in [0.1, 0.15) is 11.4 Å². The molecule has 7 heteroatoms. The number of H-pyrrole nitrogens is 1. The maximum absolute atomic E-state index is 14.9. The summed E-state index contributed by atoms with van der Waals surface area (Å²) >= 11 is 6.12. The van der Waals surface area contributed by atoms with Crippen molar-refractivity contribution in [3.8, 4) is 11.3 Å². The van der Waals surface area contributed by atoms with Gasteiger partial charge in [-0.05, 0) is 19.1 Å². The number of fused-ring (bicyclic) bond motifs is 1. The van der Waals surface area contributed by atoms with Crippen LogP contribution in [-0.2, 0) is 0 Å². The van der Waals surface area contributed by atoms with Crippen molar-refractivity contribution in [1.82, 2.24) is 14.9 Å². The highest BCUT2D eigenvalue weighted by Gasteiger charge is 2.21. The van der Waals surface area contributed by atoms with E-state index in [1.807, 2.05) is 0 Å². The minimum absolute atomic E-state index is 0.0566. The van der Waals surface area contributed by atoms with Gasteiger partial charge in [-0.3, -0.25) is 0 Å². The summed E-state index contributed by atoms with van der Waals surface area (Å²) in [5, 5.41) is 0.809. The SMILES string of the molecule is Cc1nc(-c2ccc3cc[nH]c3c2F)c(F)c(/N=C/N(C)C)c1Cl. The largest absolute Gasteiger partial charge is 0.369 e. The first-order valence-corrected chi connectivity index (χ1v) is 7.60. The normalized spacial score (nSPS) is 11.6. The summed E-state index contributed by atoms with van der Waals surface area (Å²) in [7, 11) is 3.51. The first-order chi connectivity index (χ1) is 11.4. The fraction of sp³-hybridized carbons (Fsp3) is 0.176. The molecule has 3 rings (SSSR count). The third-order valence-corrected chi connectivity index (χ3v) is 4.01. The number of aromatic amines is 1. The van der Waals surface area contributed by atoms with E-state index in [1.165, 1.54) is 12.4 Å². The van der Waals surface area contributed by atoms with Gasteiger partial charge in [0.05, 0.1) is 22.6 Å². The fourth-order valence-electron chi connectivity index (χ4n) is 2.38. The lowest BCUT2D eigenvalue weighted by Crippen LogP contribution is -2.07. The maximum Gasteiger partial charge on any atom is 0.176 e. The number of benzene rings is 1. The molecule has 4 nitrogen and oxygen atoms in total. The quantitative estimate of drug-likeness (QED) is 0.551. The summed E-state index contributed by atoms with van der Waals surface area (Å²) in [6.45, 7) is 1.63. The third kappa shape index (κ3) is 2.73. The van der Waals surface area contributed by atoms with Gasteiger partial charge in [-0.2, -0.15) is 0 Å². The van der Waals surface area contributed by atoms with Gasteiger partial charge >= 0.3 is 0 Å². The average molecular weight is 349 g/mol. The van der Waals surface area contributed by atoms with Crippen LogP contribution in [0.3, 0.4) is 0 Å². The van der Waals surface area contributed by atoms with Gasteiger partial charge in [0.15, 0.2) is 11.6 Å². The molecule has 3 aromatic rings. The molecule has 0 atom stereocenters. The van der Waals surface area contributed by atoms with Crippen molar-refractivity contribution in [2.75, 3.05) is 14.1 Å². The lowest BCUT2D eigenvalue weighted by atomic mass is 10.1.